The Balaban J connectivity index is 0.000000180. The van der Waals surface area contributed by atoms with E-state index in [2.05, 4.69) is 10.6 Å². The average Bonchev–Trinajstić information content (AvgIpc) is 2.88. The van der Waals surface area contributed by atoms with E-state index in [-0.39, 0.29) is 0 Å². The van der Waals surface area contributed by atoms with Crippen LogP contribution in [0, 0.1) is 0 Å². The minimum Gasteiger partial charge on any atom is -0.480 e. The van der Waals surface area contributed by atoms with Gasteiger partial charge in [-0.3, -0.25) is 9.59 Å². The molecule has 2 saturated heterocycles. The van der Waals surface area contributed by atoms with E-state index in [1.807, 2.05) is 0 Å². The first-order chi connectivity index (χ1) is 8.40. The summed E-state index contributed by atoms with van der Waals surface area (Å²) in [5, 5.41) is 39.7. The zero-order valence-corrected chi connectivity index (χ0v) is 9.74. The number of aliphatic hydroxyl groups is 2. The SMILES string of the molecule is O=C(O)[C@@H]1CC(O)CN1.O=C(O)[C@@H]1C[C@@H](O)CN1. The highest BCUT2D eigenvalue weighted by molar-refractivity contribution is 5.74. The summed E-state index contributed by atoms with van der Waals surface area (Å²) < 4.78 is 0. The topological polar surface area (TPSA) is 139 Å². The predicted octanol–water partition coefficient (Wildman–Crippen LogP) is -2.41. The van der Waals surface area contributed by atoms with Gasteiger partial charge in [0.05, 0.1) is 12.2 Å². The van der Waals surface area contributed by atoms with Gasteiger partial charge in [-0.2, -0.15) is 0 Å². The molecule has 6 N–H and O–H groups in total. The molecule has 0 saturated carbocycles. The van der Waals surface area contributed by atoms with E-state index >= 15 is 0 Å². The third-order valence-electron chi connectivity index (χ3n) is 2.81. The van der Waals surface area contributed by atoms with Crippen molar-refractivity contribution in [3.8, 4) is 0 Å². The number of β-amino-alcohol motifs (C(OH)–C–C–N with tert-alkyl or cyclic N) is 2. The minimum atomic E-state index is -0.883. The molecule has 0 bridgehead atoms. The molecule has 2 aliphatic rings. The highest BCUT2D eigenvalue weighted by Gasteiger charge is 2.27. The van der Waals surface area contributed by atoms with E-state index in [1.54, 1.807) is 0 Å². The molecule has 0 aromatic carbocycles. The maximum atomic E-state index is 10.2. The van der Waals surface area contributed by atoms with Crippen molar-refractivity contribution < 1.29 is 30.0 Å². The summed E-state index contributed by atoms with van der Waals surface area (Å²) in [5.41, 5.74) is 0. The van der Waals surface area contributed by atoms with Crippen molar-refractivity contribution >= 4 is 11.9 Å². The number of carboxylic acid groups (broad SMARTS) is 2. The van der Waals surface area contributed by atoms with Crippen LogP contribution < -0.4 is 10.6 Å². The zero-order valence-electron chi connectivity index (χ0n) is 9.74. The first-order valence-corrected chi connectivity index (χ1v) is 5.68. The lowest BCUT2D eigenvalue weighted by atomic mass is 10.2. The van der Waals surface area contributed by atoms with Crippen LogP contribution in [0.15, 0.2) is 0 Å². The molecular weight excluding hydrogens is 244 g/mol. The van der Waals surface area contributed by atoms with E-state index in [0.717, 1.165) is 0 Å². The van der Waals surface area contributed by atoms with Gasteiger partial charge < -0.3 is 31.1 Å². The summed E-state index contributed by atoms with van der Waals surface area (Å²) >= 11 is 0. The number of hydrogen-bond donors (Lipinski definition) is 6. The maximum Gasteiger partial charge on any atom is 0.320 e. The number of aliphatic carboxylic acids is 2. The Bertz CT molecular complexity index is 281. The van der Waals surface area contributed by atoms with Crippen LogP contribution in [0.1, 0.15) is 12.8 Å². The highest BCUT2D eigenvalue weighted by atomic mass is 16.4. The van der Waals surface area contributed by atoms with Crippen LogP contribution in [-0.4, -0.2) is 69.7 Å². The van der Waals surface area contributed by atoms with Crippen molar-refractivity contribution in [3.63, 3.8) is 0 Å². The van der Waals surface area contributed by atoms with Gasteiger partial charge in [-0.15, -0.1) is 0 Å². The lowest BCUT2D eigenvalue weighted by Crippen LogP contribution is -2.29. The maximum absolute atomic E-state index is 10.2. The number of nitrogens with one attached hydrogen (secondary N) is 2. The standard InChI is InChI=1S/2C5H9NO3/c2*7-3-1-4(5(8)9)6-2-3/h2*3-4,6-7H,1-2H2,(H,8,9)/t3?,4-;3-,4+/m01/s1. The predicted molar refractivity (Wildman–Crippen MR) is 60.1 cm³/mol. The second-order valence-corrected chi connectivity index (χ2v) is 4.38. The fourth-order valence-corrected chi connectivity index (χ4v) is 1.81. The molecule has 0 aromatic heterocycles. The molecule has 2 aliphatic heterocycles. The molecule has 0 amide bonds. The highest BCUT2D eigenvalue weighted by Crippen LogP contribution is 2.05. The molecule has 104 valence electrons. The molecule has 4 atom stereocenters. The van der Waals surface area contributed by atoms with Crippen LogP contribution in [-0.2, 0) is 9.59 Å². The van der Waals surface area contributed by atoms with Gasteiger partial charge in [-0.25, -0.2) is 0 Å². The fraction of sp³-hybridized carbons (Fsp3) is 0.800. The molecule has 0 spiro atoms. The zero-order chi connectivity index (χ0) is 13.7. The van der Waals surface area contributed by atoms with Gasteiger partial charge in [0.15, 0.2) is 0 Å². The van der Waals surface area contributed by atoms with Crippen molar-refractivity contribution in [2.24, 2.45) is 0 Å². The van der Waals surface area contributed by atoms with E-state index in [4.69, 9.17) is 20.4 Å². The van der Waals surface area contributed by atoms with Gasteiger partial charge >= 0.3 is 11.9 Å². The molecule has 2 heterocycles. The summed E-state index contributed by atoms with van der Waals surface area (Å²) in [6.45, 7) is 0.800. The van der Waals surface area contributed by atoms with Gasteiger partial charge in [-0.1, -0.05) is 0 Å². The van der Waals surface area contributed by atoms with Gasteiger partial charge in [0.25, 0.3) is 0 Å². The smallest absolute Gasteiger partial charge is 0.320 e. The lowest BCUT2D eigenvalue weighted by molar-refractivity contribution is -0.140. The molecule has 0 aromatic rings. The van der Waals surface area contributed by atoms with E-state index < -0.39 is 36.2 Å². The Labute approximate surface area is 104 Å². The number of hydrogen-bond acceptors (Lipinski definition) is 6. The van der Waals surface area contributed by atoms with Crippen LogP contribution >= 0.6 is 0 Å². The summed E-state index contributed by atoms with van der Waals surface area (Å²) in [4.78, 5) is 20.3. The summed E-state index contributed by atoms with van der Waals surface area (Å²) in [6.07, 6.45) is -0.304. The van der Waals surface area contributed by atoms with E-state index in [1.165, 1.54) is 0 Å². The monoisotopic (exact) mass is 262 g/mol. The molecule has 18 heavy (non-hydrogen) atoms. The largest absolute Gasteiger partial charge is 0.480 e. The number of carboxylic acids is 2. The lowest BCUT2D eigenvalue weighted by Gasteiger charge is -1.99. The number of rotatable bonds is 2. The van der Waals surface area contributed by atoms with E-state index in [9.17, 15) is 9.59 Å². The number of aliphatic hydroxyl groups excluding tert-OH is 2. The second kappa shape index (κ2) is 6.64. The van der Waals surface area contributed by atoms with Crippen LogP contribution in [0.5, 0.6) is 0 Å². The van der Waals surface area contributed by atoms with Crippen molar-refractivity contribution in [1.29, 1.82) is 0 Å². The van der Waals surface area contributed by atoms with Gasteiger partial charge in [-0.05, 0) is 0 Å². The van der Waals surface area contributed by atoms with Crippen molar-refractivity contribution in [2.45, 2.75) is 37.1 Å². The summed E-state index contributed by atoms with van der Waals surface area (Å²) in [7, 11) is 0. The third-order valence-corrected chi connectivity index (χ3v) is 2.81. The Morgan fingerprint density at radius 2 is 1.17 bits per heavy atom. The molecule has 2 fully saturated rings. The quantitative estimate of drug-likeness (QED) is 0.323. The number of carbonyl (C=O) groups is 2. The molecule has 8 heteroatoms. The first kappa shape index (κ1) is 14.8. The molecule has 0 aliphatic carbocycles. The Morgan fingerprint density at radius 1 is 0.833 bits per heavy atom. The second-order valence-electron chi connectivity index (χ2n) is 4.38. The van der Waals surface area contributed by atoms with Gasteiger partial charge in [0.2, 0.25) is 0 Å². The van der Waals surface area contributed by atoms with Crippen molar-refractivity contribution in [3.05, 3.63) is 0 Å². The van der Waals surface area contributed by atoms with Crippen molar-refractivity contribution in [1.82, 2.24) is 10.6 Å². The van der Waals surface area contributed by atoms with Crippen molar-refractivity contribution in [2.75, 3.05) is 13.1 Å². The Hall–Kier alpha value is -1.22. The Kier molecular flexibility index (Phi) is 5.48. The van der Waals surface area contributed by atoms with E-state index in [0.29, 0.717) is 25.9 Å². The molecule has 0 radical (unpaired) electrons. The molecule has 8 nitrogen and oxygen atoms in total. The first-order valence-electron chi connectivity index (χ1n) is 5.68. The normalized spacial score (nSPS) is 34.8. The fourth-order valence-electron chi connectivity index (χ4n) is 1.81. The molecular formula is C10H18N2O6. The van der Waals surface area contributed by atoms with Gasteiger partial charge in [0.1, 0.15) is 12.1 Å². The summed E-state index contributed by atoms with van der Waals surface area (Å²) in [5.74, 6) is -1.77. The van der Waals surface area contributed by atoms with Crippen LogP contribution in [0.25, 0.3) is 0 Å². The average molecular weight is 262 g/mol. The third kappa shape index (κ3) is 4.57. The molecule has 2 rings (SSSR count). The minimum absolute atomic E-state index is 0.329. The Morgan fingerprint density at radius 3 is 1.28 bits per heavy atom. The molecule has 1 unspecified atom stereocenters. The van der Waals surface area contributed by atoms with Crippen LogP contribution in [0.3, 0.4) is 0 Å². The van der Waals surface area contributed by atoms with Crippen LogP contribution in [0.2, 0.25) is 0 Å². The summed E-state index contributed by atoms with van der Waals surface area (Å²) in [6, 6.07) is -1.08. The van der Waals surface area contributed by atoms with Gasteiger partial charge in [0, 0.05) is 25.9 Å². The van der Waals surface area contributed by atoms with Crippen LogP contribution in [0.4, 0.5) is 0 Å².